The lowest BCUT2D eigenvalue weighted by atomic mass is 10.00. The molecule has 5 nitrogen and oxygen atoms in total. The van der Waals surface area contributed by atoms with Crippen LogP contribution in [0.15, 0.2) is 59.8 Å². The molecule has 0 spiro atoms. The van der Waals surface area contributed by atoms with Gasteiger partial charge >= 0.3 is 0 Å². The first-order valence-corrected chi connectivity index (χ1v) is 9.20. The second-order valence-electron chi connectivity index (χ2n) is 5.91. The molecule has 3 aromatic heterocycles. The number of pyridine rings is 2. The van der Waals surface area contributed by atoms with E-state index in [2.05, 4.69) is 9.97 Å². The summed E-state index contributed by atoms with van der Waals surface area (Å²) in [6, 6.07) is 10.7. The third-order valence-corrected chi connectivity index (χ3v) is 5.48. The van der Waals surface area contributed by atoms with Gasteiger partial charge in [0.05, 0.1) is 15.6 Å². The summed E-state index contributed by atoms with van der Waals surface area (Å²) < 4.78 is 1.31. The molecule has 0 N–H and O–H groups in total. The molecule has 0 aliphatic heterocycles. The maximum absolute atomic E-state index is 12.2. The average Bonchev–Trinajstić information content (AvgIpc) is 2.71. The molecule has 1 aromatic carbocycles. The molecule has 8 heteroatoms. The lowest BCUT2D eigenvalue weighted by Crippen LogP contribution is -2.18. The number of nitrogens with zero attached hydrogens (tertiary/aromatic N) is 3. The monoisotopic (exact) mass is 429 g/mol. The molecule has 28 heavy (non-hydrogen) atoms. The number of hydrogen-bond donors (Lipinski definition) is 0. The molecule has 0 saturated heterocycles. The van der Waals surface area contributed by atoms with Crippen molar-refractivity contribution in [2.45, 2.75) is 0 Å². The van der Waals surface area contributed by atoms with Crippen LogP contribution in [-0.2, 0) is 0 Å². The highest BCUT2D eigenvalue weighted by Gasteiger charge is 2.15. The summed E-state index contributed by atoms with van der Waals surface area (Å²) >= 11 is 19.0. The smallest absolute Gasteiger partial charge is 0.268 e. The Morgan fingerprint density at radius 2 is 1.68 bits per heavy atom. The van der Waals surface area contributed by atoms with Gasteiger partial charge in [0.1, 0.15) is 10.8 Å². The van der Waals surface area contributed by atoms with E-state index in [1.54, 1.807) is 30.6 Å². The molecule has 0 aliphatic rings. The van der Waals surface area contributed by atoms with Gasteiger partial charge in [-0.3, -0.25) is 14.0 Å². The summed E-state index contributed by atoms with van der Waals surface area (Å²) in [5.41, 5.74) is 2.83. The predicted molar refractivity (Wildman–Crippen MR) is 111 cm³/mol. The molecule has 4 aromatic rings. The minimum atomic E-state index is -0.426. The number of hydrogen-bond acceptors (Lipinski definition) is 4. The van der Waals surface area contributed by atoms with E-state index in [4.69, 9.17) is 34.8 Å². The van der Waals surface area contributed by atoms with Crippen molar-refractivity contribution in [3.8, 4) is 22.3 Å². The molecular weight excluding hydrogens is 421 g/mol. The second-order valence-corrected chi connectivity index (χ2v) is 7.02. The van der Waals surface area contributed by atoms with Crippen molar-refractivity contribution in [3.05, 3.63) is 86.1 Å². The van der Waals surface area contributed by atoms with E-state index in [1.807, 2.05) is 18.2 Å². The van der Waals surface area contributed by atoms with Gasteiger partial charge in [0.2, 0.25) is 0 Å². The maximum Gasteiger partial charge on any atom is 0.268 e. The van der Waals surface area contributed by atoms with Crippen LogP contribution >= 0.6 is 34.8 Å². The van der Waals surface area contributed by atoms with Crippen LogP contribution in [0.5, 0.6) is 0 Å². The molecule has 138 valence electrons. The van der Waals surface area contributed by atoms with Crippen molar-refractivity contribution in [2.24, 2.45) is 0 Å². The van der Waals surface area contributed by atoms with Crippen LogP contribution in [0.4, 0.5) is 0 Å². The number of carbonyl (C=O) groups excluding carboxylic acids is 1. The summed E-state index contributed by atoms with van der Waals surface area (Å²) in [4.78, 5) is 31.3. The summed E-state index contributed by atoms with van der Waals surface area (Å²) in [5, 5.41) is 0.986. The van der Waals surface area contributed by atoms with E-state index >= 15 is 0 Å². The number of aromatic nitrogens is 3. The Morgan fingerprint density at radius 1 is 0.929 bits per heavy atom. The lowest BCUT2D eigenvalue weighted by Gasteiger charge is -2.12. The highest BCUT2D eigenvalue weighted by molar-refractivity contribution is 6.43. The van der Waals surface area contributed by atoms with Gasteiger partial charge in [-0.15, -0.1) is 0 Å². The van der Waals surface area contributed by atoms with Gasteiger partial charge < -0.3 is 0 Å². The van der Waals surface area contributed by atoms with Crippen molar-refractivity contribution < 1.29 is 4.79 Å². The molecule has 0 fully saturated rings. The molecule has 3 heterocycles. The maximum atomic E-state index is 12.2. The van der Waals surface area contributed by atoms with E-state index in [0.29, 0.717) is 33.1 Å². The highest BCUT2D eigenvalue weighted by atomic mass is 35.5. The van der Waals surface area contributed by atoms with Gasteiger partial charge in [-0.1, -0.05) is 53.0 Å². The fourth-order valence-corrected chi connectivity index (χ4v) is 3.64. The average molecular weight is 431 g/mol. The zero-order valence-corrected chi connectivity index (χ0v) is 16.3. The van der Waals surface area contributed by atoms with Crippen molar-refractivity contribution in [1.82, 2.24) is 14.4 Å². The molecule has 0 bridgehead atoms. The van der Waals surface area contributed by atoms with Crippen molar-refractivity contribution in [1.29, 1.82) is 0 Å². The van der Waals surface area contributed by atoms with Crippen LogP contribution in [0.1, 0.15) is 10.4 Å². The minimum Gasteiger partial charge on any atom is -0.298 e. The highest BCUT2D eigenvalue weighted by Crippen LogP contribution is 2.40. The fraction of sp³-hybridized carbons (Fsp3) is 0. The van der Waals surface area contributed by atoms with E-state index < -0.39 is 5.56 Å². The van der Waals surface area contributed by atoms with Gasteiger partial charge in [-0.05, 0) is 23.8 Å². The van der Waals surface area contributed by atoms with Gasteiger partial charge in [0, 0.05) is 35.3 Å². The van der Waals surface area contributed by atoms with Crippen LogP contribution in [0.25, 0.3) is 27.9 Å². The van der Waals surface area contributed by atoms with Gasteiger partial charge in [-0.25, -0.2) is 9.97 Å². The first-order chi connectivity index (χ1) is 13.5. The Hall–Kier alpha value is -2.73. The largest absolute Gasteiger partial charge is 0.298 e. The number of halogens is 3. The molecule has 0 atom stereocenters. The molecule has 0 amide bonds. The Labute approximate surface area is 174 Å². The topological polar surface area (TPSA) is 64.3 Å². The molecule has 0 radical (unpaired) electrons. The van der Waals surface area contributed by atoms with E-state index in [0.717, 1.165) is 11.1 Å². The van der Waals surface area contributed by atoms with Crippen molar-refractivity contribution in [2.75, 3.05) is 0 Å². The van der Waals surface area contributed by atoms with Crippen LogP contribution < -0.4 is 5.56 Å². The van der Waals surface area contributed by atoms with Gasteiger partial charge in [0.15, 0.2) is 6.29 Å². The number of benzene rings is 1. The fourth-order valence-electron chi connectivity index (χ4n) is 2.93. The summed E-state index contributed by atoms with van der Waals surface area (Å²) in [6.07, 6.45) is 4.86. The van der Waals surface area contributed by atoms with Gasteiger partial charge in [-0.2, -0.15) is 0 Å². The van der Waals surface area contributed by atoms with Crippen LogP contribution in [0.2, 0.25) is 15.2 Å². The van der Waals surface area contributed by atoms with E-state index in [-0.39, 0.29) is 10.7 Å². The van der Waals surface area contributed by atoms with Crippen LogP contribution in [0.3, 0.4) is 0 Å². The minimum absolute atomic E-state index is 0.00510. The third-order valence-electron chi connectivity index (χ3n) is 4.31. The normalized spacial score (nSPS) is 11.0. The molecule has 0 unspecified atom stereocenters. The SMILES string of the molecule is O=Cc1cnc2cc(-c3cccc(-c4ccnc(Cl)c4Cl)c3Cl)ccn2c1=O. The van der Waals surface area contributed by atoms with E-state index in [9.17, 15) is 9.59 Å². The summed E-state index contributed by atoms with van der Waals surface area (Å²) in [7, 11) is 0. The first-order valence-electron chi connectivity index (χ1n) is 8.07. The third kappa shape index (κ3) is 3.07. The zero-order chi connectivity index (χ0) is 19.8. The Kier molecular flexibility index (Phi) is 4.89. The predicted octanol–water partition coefficient (Wildman–Crippen LogP) is 5.20. The zero-order valence-electron chi connectivity index (χ0n) is 14.1. The van der Waals surface area contributed by atoms with Crippen LogP contribution in [0, 0.1) is 0 Å². The second kappa shape index (κ2) is 7.36. The summed E-state index contributed by atoms with van der Waals surface area (Å²) in [5.74, 6) is 0. The molecular formula is C20H10Cl3N3O2. The lowest BCUT2D eigenvalue weighted by molar-refractivity contribution is 0.112. The van der Waals surface area contributed by atoms with E-state index in [1.165, 1.54) is 10.6 Å². The quantitative estimate of drug-likeness (QED) is 0.331. The van der Waals surface area contributed by atoms with Crippen molar-refractivity contribution >= 4 is 46.7 Å². The molecule has 0 aliphatic carbocycles. The summed E-state index contributed by atoms with van der Waals surface area (Å²) in [6.45, 7) is 0. The molecule has 4 rings (SSSR count). The Balaban J connectivity index is 1.90. The Bertz CT molecular complexity index is 1300. The first kappa shape index (κ1) is 18.6. The number of fused-ring (bicyclic) bond motifs is 1. The molecule has 0 saturated carbocycles. The number of carbonyl (C=O) groups is 1. The standard InChI is InChI=1S/C20H10Cl3N3O2/c21-17-13(2-1-3-14(17)15-4-6-24-19(23)18(15)22)11-5-7-26-16(8-11)25-9-12(10-27)20(26)28/h1-10H. The number of aldehydes is 1. The van der Waals surface area contributed by atoms with Crippen molar-refractivity contribution in [3.63, 3.8) is 0 Å². The Morgan fingerprint density at radius 3 is 2.46 bits per heavy atom. The van der Waals surface area contributed by atoms with Crippen LogP contribution in [-0.4, -0.2) is 20.7 Å². The van der Waals surface area contributed by atoms with Gasteiger partial charge in [0.25, 0.3) is 5.56 Å². The number of rotatable bonds is 3.